The van der Waals surface area contributed by atoms with Crippen molar-refractivity contribution in [2.24, 2.45) is 11.3 Å². The molecule has 1 fully saturated rings. The van der Waals surface area contributed by atoms with Gasteiger partial charge in [0.25, 0.3) is 0 Å². The van der Waals surface area contributed by atoms with E-state index in [1.54, 1.807) is 6.20 Å². The van der Waals surface area contributed by atoms with Crippen LogP contribution in [0.15, 0.2) is 18.3 Å². The van der Waals surface area contributed by atoms with Gasteiger partial charge in [0.1, 0.15) is 0 Å². The summed E-state index contributed by atoms with van der Waals surface area (Å²) in [5, 5.41) is 19.3. The smallest absolute Gasteiger partial charge is 0.0864 e. The van der Waals surface area contributed by atoms with E-state index in [1.807, 2.05) is 12.1 Å². The van der Waals surface area contributed by atoms with Gasteiger partial charge in [-0.25, -0.2) is 0 Å². The van der Waals surface area contributed by atoms with Gasteiger partial charge in [-0.15, -0.1) is 0 Å². The van der Waals surface area contributed by atoms with E-state index in [9.17, 15) is 5.11 Å². The summed E-state index contributed by atoms with van der Waals surface area (Å²) in [6.45, 7) is 4.25. The van der Waals surface area contributed by atoms with Crippen LogP contribution in [0.3, 0.4) is 0 Å². The van der Waals surface area contributed by atoms with Crippen LogP contribution in [0.4, 0.5) is 0 Å². The molecule has 4 heteroatoms. The fourth-order valence-electron chi connectivity index (χ4n) is 2.71. The molecule has 1 atom stereocenters. The van der Waals surface area contributed by atoms with Gasteiger partial charge in [0.15, 0.2) is 0 Å². The van der Waals surface area contributed by atoms with Gasteiger partial charge in [0.05, 0.1) is 17.8 Å². The predicted octanol–water partition coefficient (Wildman–Crippen LogP) is 3.69. The molecule has 0 saturated heterocycles. The number of hydrogen-bond acceptors (Lipinski definition) is 2. The monoisotopic (exact) mass is 264 g/mol. The minimum Gasteiger partial charge on any atom is -0.388 e. The number of aliphatic hydroxyl groups is 1. The van der Waals surface area contributed by atoms with Crippen LogP contribution in [0.5, 0.6) is 0 Å². The van der Waals surface area contributed by atoms with Crippen LogP contribution in [0.2, 0.25) is 5.02 Å². The Bertz CT molecular complexity index is 586. The molecular formula is C14H17ClN2O. The number of nitrogens with one attached hydrogen (secondary N) is 1. The number of H-pyrrole nitrogens is 1. The Morgan fingerprint density at radius 3 is 2.83 bits per heavy atom. The average molecular weight is 265 g/mol. The molecule has 0 spiro atoms. The summed E-state index contributed by atoms with van der Waals surface area (Å²) in [5.74, 6) is 0.601. The van der Waals surface area contributed by atoms with Gasteiger partial charge >= 0.3 is 0 Å². The highest BCUT2D eigenvalue weighted by molar-refractivity contribution is 6.31. The van der Waals surface area contributed by atoms with Crippen molar-refractivity contribution in [3.05, 3.63) is 28.9 Å². The van der Waals surface area contributed by atoms with Crippen molar-refractivity contribution in [2.45, 2.75) is 32.8 Å². The number of benzene rings is 1. The minimum absolute atomic E-state index is 0.122. The molecular weight excluding hydrogens is 248 g/mol. The molecule has 1 aliphatic rings. The fourth-order valence-corrected chi connectivity index (χ4v) is 2.95. The molecule has 0 radical (unpaired) electrons. The van der Waals surface area contributed by atoms with Crippen LogP contribution in [0, 0.1) is 11.3 Å². The third-order valence-corrected chi connectivity index (χ3v) is 4.39. The van der Waals surface area contributed by atoms with Crippen molar-refractivity contribution in [3.8, 4) is 0 Å². The molecule has 0 aliphatic heterocycles. The zero-order valence-electron chi connectivity index (χ0n) is 10.6. The molecule has 1 aromatic heterocycles. The molecule has 3 rings (SSSR count). The maximum absolute atomic E-state index is 10.7. The Kier molecular flexibility index (Phi) is 2.65. The second-order valence-corrected chi connectivity index (χ2v) is 6.26. The molecule has 2 aromatic rings. The van der Waals surface area contributed by atoms with Crippen molar-refractivity contribution in [3.63, 3.8) is 0 Å². The van der Waals surface area contributed by atoms with Crippen LogP contribution in [-0.2, 0) is 0 Å². The molecule has 2 N–H and O–H groups in total. The molecule has 1 heterocycles. The topological polar surface area (TPSA) is 48.9 Å². The maximum Gasteiger partial charge on any atom is 0.0864 e. The van der Waals surface area contributed by atoms with E-state index in [-0.39, 0.29) is 5.41 Å². The lowest BCUT2D eigenvalue weighted by Crippen LogP contribution is -2.24. The van der Waals surface area contributed by atoms with Crippen LogP contribution in [-0.4, -0.2) is 15.3 Å². The summed E-state index contributed by atoms with van der Waals surface area (Å²) in [6.07, 6.45) is 3.63. The molecule has 0 amide bonds. The van der Waals surface area contributed by atoms with Gasteiger partial charge in [-0.3, -0.25) is 5.10 Å². The van der Waals surface area contributed by atoms with E-state index >= 15 is 0 Å². The molecule has 3 nitrogen and oxygen atoms in total. The number of fused-ring (bicyclic) bond motifs is 1. The van der Waals surface area contributed by atoms with Crippen LogP contribution < -0.4 is 0 Å². The Morgan fingerprint density at radius 1 is 1.44 bits per heavy atom. The number of hydrogen-bond donors (Lipinski definition) is 2. The number of nitrogens with zero attached hydrogens (tertiary/aromatic N) is 1. The highest BCUT2D eigenvalue weighted by atomic mass is 35.5. The normalized spacial score (nSPS) is 18.2. The largest absolute Gasteiger partial charge is 0.388 e. The Balaban J connectivity index is 2.10. The third kappa shape index (κ3) is 1.82. The van der Waals surface area contributed by atoms with E-state index in [1.165, 1.54) is 12.8 Å². The van der Waals surface area contributed by atoms with Crippen LogP contribution in [0.25, 0.3) is 10.9 Å². The lowest BCUT2D eigenvalue weighted by Gasteiger charge is -2.31. The Morgan fingerprint density at radius 2 is 2.17 bits per heavy atom. The molecule has 96 valence electrons. The molecule has 1 saturated carbocycles. The maximum atomic E-state index is 10.7. The van der Waals surface area contributed by atoms with Gasteiger partial charge in [0, 0.05) is 16.0 Å². The van der Waals surface area contributed by atoms with E-state index in [0.717, 1.165) is 16.5 Å². The number of aromatic amines is 1. The third-order valence-electron chi connectivity index (χ3n) is 4.17. The van der Waals surface area contributed by atoms with Gasteiger partial charge in [0.2, 0.25) is 0 Å². The summed E-state index contributed by atoms with van der Waals surface area (Å²) in [5.41, 5.74) is 1.62. The summed E-state index contributed by atoms with van der Waals surface area (Å²) >= 11 is 6.12. The van der Waals surface area contributed by atoms with E-state index in [2.05, 4.69) is 24.0 Å². The fraction of sp³-hybridized carbons (Fsp3) is 0.500. The van der Waals surface area contributed by atoms with E-state index < -0.39 is 6.10 Å². The predicted molar refractivity (Wildman–Crippen MR) is 72.6 cm³/mol. The van der Waals surface area contributed by atoms with Crippen molar-refractivity contribution in [1.29, 1.82) is 0 Å². The van der Waals surface area contributed by atoms with Crippen molar-refractivity contribution in [2.75, 3.05) is 0 Å². The molecule has 1 unspecified atom stereocenters. The van der Waals surface area contributed by atoms with Crippen molar-refractivity contribution < 1.29 is 5.11 Å². The quantitative estimate of drug-likeness (QED) is 0.888. The summed E-state index contributed by atoms with van der Waals surface area (Å²) in [6, 6.07) is 3.71. The highest BCUT2D eigenvalue weighted by Gasteiger charge is 2.43. The first-order valence-corrected chi connectivity index (χ1v) is 6.68. The summed E-state index contributed by atoms with van der Waals surface area (Å²) < 4.78 is 0. The van der Waals surface area contributed by atoms with Crippen LogP contribution in [0.1, 0.15) is 38.4 Å². The number of rotatable bonds is 3. The highest BCUT2D eigenvalue weighted by Crippen LogP contribution is 2.52. The summed E-state index contributed by atoms with van der Waals surface area (Å²) in [7, 11) is 0. The van der Waals surface area contributed by atoms with Crippen molar-refractivity contribution >= 4 is 22.5 Å². The Labute approximate surface area is 111 Å². The van der Waals surface area contributed by atoms with Crippen LogP contribution >= 0.6 is 11.6 Å². The van der Waals surface area contributed by atoms with Gasteiger partial charge in [-0.2, -0.15) is 5.10 Å². The van der Waals surface area contributed by atoms with Gasteiger partial charge in [-0.1, -0.05) is 25.4 Å². The first kappa shape index (κ1) is 12.0. The molecule has 0 bridgehead atoms. The van der Waals surface area contributed by atoms with Gasteiger partial charge < -0.3 is 5.11 Å². The number of halogens is 1. The van der Waals surface area contributed by atoms with E-state index in [0.29, 0.717) is 10.9 Å². The zero-order valence-corrected chi connectivity index (χ0v) is 11.3. The average Bonchev–Trinajstić information content (AvgIpc) is 3.08. The second-order valence-electron chi connectivity index (χ2n) is 5.83. The Hall–Kier alpha value is -1.06. The molecule has 1 aliphatic carbocycles. The first-order chi connectivity index (χ1) is 8.50. The van der Waals surface area contributed by atoms with Gasteiger partial charge in [-0.05, 0) is 36.3 Å². The van der Waals surface area contributed by atoms with Crippen molar-refractivity contribution in [1.82, 2.24) is 10.2 Å². The number of aliphatic hydroxyl groups excluding tert-OH is 1. The standard InChI is InChI=1S/C14H17ClN2O/c1-14(2,9-3-4-9)13(18)11-6-10(15)5-8-7-16-17-12(8)11/h5-7,9,13,18H,3-4H2,1-2H3,(H,16,17). The second kappa shape index (κ2) is 3.97. The number of aromatic nitrogens is 2. The lowest BCUT2D eigenvalue weighted by atomic mass is 9.78. The molecule has 1 aromatic carbocycles. The summed E-state index contributed by atoms with van der Waals surface area (Å²) in [4.78, 5) is 0. The van der Waals surface area contributed by atoms with E-state index in [4.69, 9.17) is 11.6 Å². The zero-order chi connectivity index (χ0) is 12.9. The lowest BCUT2D eigenvalue weighted by molar-refractivity contribution is 0.0340. The molecule has 18 heavy (non-hydrogen) atoms. The SMILES string of the molecule is CC(C)(C1CC1)C(O)c1cc(Cl)cc2cn[nH]c12. The minimum atomic E-state index is -0.522. The first-order valence-electron chi connectivity index (χ1n) is 6.30.